The van der Waals surface area contributed by atoms with Crippen molar-refractivity contribution in [2.75, 3.05) is 5.73 Å². The molecule has 5 nitrogen and oxygen atoms in total. The largest absolute Gasteiger partial charge is 0.508 e. The number of nitrogen functional groups attached to an aromatic ring is 1. The van der Waals surface area contributed by atoms with Crippen LogP contribution in [0.15, 0.2) is 36.5 Å². The van der Waals surface area contributed by atoms with Crippen LogP contribution >= 0.6 is 0 Å². The third-order valence-electron chi connectivity index (χ3n) is 3.99. The highest BCUT2D eigenvalue weighted by molar-refractivity contribution is 6.10. The molecule has 3 rings (SSSR count). The number of nitrogens with zero attached hydrogens (tertiary/aromatic N) is 1. The maximum Gasteiger partial charge on any atom is 0.250 e. The van der Waals surface area contributed by atoms with Crippen molar-refractivity contribution >= 4 is 22.5 Å². The van der Waals surface area contributed by atoms with Gasteiger partial charge in [-0.05, 0) is 48.7 Å². The van der Waals surface area contributed by atoms with E-state index >= 15 is 0 Å². The number of anilines is 1. The van der Waals surface area contributed by atoms with Crippen LogP contribution in [0.25, 0.3) is 22.0 Å². The number of carbonyl (C=O) groups is 1. The number of rotatable bonds is 2. The topological polar surface area (TPSA) is 102 Å². The van der Waals surface area contributed by atoms with E-state index in [9.17, 15) is 9.90 Å². The molecule has 0 radical (unpaired) electrons. The summed E-state index contributed by atoms with van der Waals surface area (Å²) in [5, 5.41) is 10.8. The quantitative estimate of drug-likeness (QED) is 0.633. The second-order valence-corrected chi connectivity index (χ2v) is 5.61. The summed E-state index contributed by atoms with van der Waals surface area (Å²) in [6.45, 7) is 3.72. The van der Waals surface area contributed by atoms with Crippen molar-refractivity contribution in [1.29, 1.82) is 0 Å². The van der Waals surface area contributed by atoms with Crippen LogP contribution in [0.3, 0.4) is 0 Å². The van der Waals surface area contributed by atoms with Crippen LogP contribution in [0.4, 0.5) is 5.69 Å². The van der Waals surface area contributed by atoms with Gasteiger partial charge in [0.25, 0.3) is 5.91 Å². The van der Waals surface area contributed by atoms with E-state index in [1.807, 2.05) is 19.1 Å². The van der Waals surface area contributed by atoms with Crippen LogP contribution in [0.2, 0.25) is 0 Å². The highest BCUT2D eigenvalue weighted by Gasteiger charge is 2.19. The zero-order chi connectivity index (χ0) is 16.7. The Morgan fingerprint density at radius 3 is 2.65 bits per heavy atom. The Morgan fingerprint density at radius 2 is 1.96 bits per heavy atom. The van der Waals surface area contributed by atoms with E-state index in [1.165, 1.54) is 0 Å². The summed E-state index contributed by atoms with van der Waals surface area (Å²) in [5.41, 5.74) is 15.9. The first kappa shape index (κ1) is 14.8. The van der Waals surface area contributed by atoms with Crippen LogP contribution in [-0.2, 0) is 0 Å². The van der Waals surface area contributed by atoms with Gasteiger partial charge in [0.2, 0.25) is 0 Å². The second kappa shape index (κ2) is 5.28. The molecule has 0 atom stereocenters. The van der Waals surface area contributed by atoms with Gasteiger partial charge in [-0.3, -0.25) is 9.78 Å². The summed E-state index contributed by atoms with van der Waals surface area (Å²) in [7, 11) is 0. The summed E-state index contributed by atoms with van der Waals surface area (Å²) in [4.78, 5) is 16.2. The molecular weight excluding hydrogens is 290 g/mol. The first-order chi connectivity index (χ1) is 10.9. The number of hydrogen-bond acceptors (Lipinski definition) is 4. The summed E-state index contributed by atoms with van der Waals surface area (Å²) < 4.78 is 0. The van der Waals surface area contributed by atoms with Gasteiger partial charge in [-0.15, -0.1) is 0 Å². The number of primary amides is 1. The van der Waals surface area contributed by atoms with Crippen LogP contribution in [0, 0.1) is 13.8 Å². The molecule has 2 aromatic carbocycles. The number of fused-ring (bicyclic) bond motifs is 1. The lowest BCUT2D eigenvalue weighted by molar-refractivity contribution is 0.100. The predicted octanol–water partition coefficient (Wildman–Crippen LogP) is 2.91. The average Bonchev–Trinajstić information content (AvgIpc) is 2.50. The van der Waals surface area contributed by atoms with E-state index in [-0.39, 0.29) is 17.0 Å². The molecule has 5 heteroatoms. The van der Waals surface area contributed by atoms with E-state index in [0.29, 0.717) is 16.6 Å². The molecule has 3 aromatic rings. The fourth-order valence-electron chi connectivity index (χ4n) is 2.78. The predicted molar refractivity (Wildman–Crippen MR) is 91.2 cm³/mol. The molecule has 1 heterocycles. The number of amides is 1. The van der Waals surface area contributed by atoms with Gasteiger partial charge >= 0.3 is 0 Å². The van der Waals surface area contributed by atoms with Gasteiger partial charge in [-0.2, -0.15) is 0 Å². The summed E-state index contributed by atoms with van der Waals surface area (Å²) in [5.74, 6) is -0.434. The lowest BCUT2D eigenvalue weighted by atomic mass is 9.92. The monoisotopic (exact) mass is 307 g/mol. The second-order valence-electron chi connectivity index (χ2n) is 5.61. The molecule has 0 saturated heterocycles. The Hall–Kier alpha value is -3.08. The first-order valence-electron chi connectivity index (χ1n) is 7.17. The number of carbonyl (C=O) groups excluding carboxylic acids is 1. The van der Waals surface area contributed by atoms with E-state index < -0.39 is 5.91 Å². The zero-order valence-corrected chi connectivity index (χ0v) is 12.9. The molecule has 116 valence electrons. The fourth-order valence-corrected chi connectivity index (χ4v) is 2.78. The molecule has 0 fully saturated rings. The van der Waals surface area contributed by atoms with Crippen molar-refractivity contribution in [3.05, 3.63) is 53.2 Å². The number of pyridine rings is 1. The fraction of sp³-hybridized carbons (Fsp3) is 0.111. The van der Waals surface area contributed by atoms with Gasteiger partial charge in [0.05, 0.1) is 16.8 Å². The van der Waals surface area contributed by atoms with Crippen molar-refractivity contribution in [1.82, 2.24) is 4.98 Å². The minimum Gasteiger partial charge on any atom is -0.508 e. The molecule has 0 aliphatic rings. The summed E-state index contributed by atoms with van der Waals surface area (Å²) in [6, 6.07) is 8.76. The average molecular weight is 307 g/mol. The molecule has 5 N–H and O–H groups in total. The van der Waals surface area contributed by atoms with Gasteiger partial charge < -0.3 is 16.6 Å². The summed E-state index contributed by atoms with van der Waals surface area (Å²) >= 11 is 0. The minimum atomic E-state index is -0.593. The number of aromatic nitrogens is 1. The van der Waals surface area contributed by atoms with Crippen molar-refractivity contribution in [2.24, 2.45) is 5.73 Å². The standard InChI is InChI=1S/C18H17N3O2/c1-9-6-11-7-13(18(20)23)16(19)15(17(11)21-8-9)12-4-3-5-14(22)10(12)2/h3-8,22H,19H2,1-2H3,(H2,20,23). The molecular formula is C18H17N3O2. The third kappa shape index (κ3) is 2.36. The van der Waals surface area contributed by atoms with Crippen molar-refractivity contribution in [3.8, 4) is 16.9 Å². The van der Waals surface area contributed by atoms with Gasteiger partial charge in [0.1, 0.15) is 5.75 Å². The first-order valence-corrected chi connectivity index (χ1v) is 7.17. The van der Waals surface area contributed by atoms with Gasteiger partial charge in [0, 0.05) is 17.1 Å². The molecule has 0 bridgehead atoms. The molecule has 0 unspecified atom stereocenters. The lowest BCUT2D eigenvalue weighted by Gasteiger charge is -2.15. The SMILES string of the molecule is Cc1cnc2c(-c3cccc(O)c3C)c(N)c(C(N)=O)cc2c1. The number of phenolic OH excluding ortho intramolecular Hbond substituents is 1. The Labute approximate surface area is 133 Å². The van der Waals surface area contributed by atoms with Gasteiger partial charge in [0.15, 0.2) is 0 Å². The molecule has 0 spiro atoms. The molecule has 0 aliphatic carbocycles. The highest BCUT2D eigenvalue weighted by Crippen LogP contribution is 2.39. The van der Waals surface area contributed by atoms with Crippen LogP contribution in [-0.4, -0.2) is 16.0 Å². The lowest BCUT2D eigenvalue weighted by Crippen LogP contribution is -2.14. The Bertz CT molecular complexity index is 949. The van der Waals surface area contributed by atoms with Crippen LogP contribution < -0.4 is 11.5 Å². The number of aromatic hydroxyl groups is 1. The molecule has 23 heavy (non-hydrogen) atoms. The Morgan fingerprint density at radius 1 is 1.22 bits per heavy atom. The van der Waals surface area contributed by atoms with Gasteiger partial charge in [-0.1, -0.05) is 12.1 Å². The molecule has 1 aromatic heterocycles. The molecule has 0 aliphatic heterocycles. The number of aryl methyl sites for hydroxylation is 1. The summed E-state index contributed by atoms with van der Waals surface area (Å²) in [6.07, 6.45) is 1.74. The van der Waals surface area contributed by atoms with Gasteiger partial charge in [-0.25, -0.2) is 0 Å². The van der Waals surface area contributed by atoms with Crippen LogP contribution in [0.1, 0.15) is 21.5 Å². The number of benzene rings is 2. The maximum atomic E-state index is 11.8. The number of hydrogen-bond donors (Lipinski definition) is 3. The Balaban J connectivity index is 2.49. The zero-order valence-electron chi connectivity index (χ0n) is 12.9. The van der Waals surface area contributed by atoms with Crippen molar-refractivity contribution in [2.45, 2.75) is 13.8 Å². The van der Waals surface area contributed by atoms with Crippen molar-refractivity contribution in [3.63, 3.8) is 0 Å². The molecule has 1 amide bonds. The van der Waals surface area contributed by atoms with Crippen LogP contribution in [0.5, 0.6) is 5.75 Å². The highest BCUT2D eigenvalue weighted by atomic mass is 16.3. The Kier molecular flexibility index (Phi) is 3.41. The van der Waals surface area contributed by atoms with Crippen molar-refractivity contribution < 1.29 is 9.90 Å². The van der Waals surface area contributed by atoms with E-state index in [2.05, 4.69) is 4.98 Å². The number of nitrogens with two attached hydrogens (primary N) is 2. The maximum absolute atomic E-state index is 11.8. The number of phenols is 1. The van der Waals surface area contributed by atoms with E-state index in [0.717, 1.165) is 16.5 Å². The van der Waals surface area contributed by atoms with E-state index in [1.54, 1.807) is 31.3 Å². The molecule has 0 saturated carbocycles. The normalized spacial score (nSPS) is 10.9. The smallest absolute Gasteiger partial charge is 0.250 e. The van der Waals surface area contributed by atoms with E-state index in [4.69, 9.17) is 11.5 Å². The minimum absolute atomic E-state index is 0.159. The third-order valence-corrected chi connectivity index (χ3v) is 3.99.